The van der Waals surface area contributed by atoms with Crippen LogP contribution in [0, 0.1) is 0 Å². The number of ether oxygens (including phenoxy) is 4. The zero-order valence-corrected chi connectivity index (χ0v) is 16.5. The van der Waals surface area contributed by atoms with Crippen molar-refractivity contribution in [3.63, 3.8) is 0 Å². The number of carbonyl (C=O) groups is 2. The Morgan fingerprint density at radius 3 is 2.00 bits per heavy atom. The molecule has 0 amide bonds. The predicted octanol–water partition coefficient (Wildman–Crippen LogP) is 3.73. The van der Waals surface area contributed by atoms with Crippen molar-refractivity contribution in [2.75, 3.05) is 28.4 Å². The SMILES string of the molecule is COC(=O)/C(=C/c1c(OC)cc(OC)cc1OC)C(=O)C1=C(C)CCCC1. The van der Waals surface area contributed by atoms with Crippen LogP contribution in [0.3, 0.4) is 0 Å². The minimum Gasteiger partial charge on any atom is -0.496 e. The van der Waals surface area contributed by atoms with Gasteiger partial charge < -0.3 is 18.9 Å². The molecule has 0 aromatic heterocycles. The second-order valence-corrected chi connectivity index (χ2v) is 6.29. The number of esters is 1. The Balaban J connectivity index is 2.62. The summed E-state index contributed by atoms with van der Waals surface area (Å²) in [5.74, 6) is 0.395. The summed E-state index contributed by atoms with van der Waals surface area (Å²) in [5.41, 5.74) is 2.14. The maximum Gasteiger partial charge on any atom is 0.341 e. The monoisotopic (exact) mass is 374 g/mol. The van der Waals surface area contributed by atoms with E-state index in [-0.39, 0.29) is 11.4 Å². The number of hydrogen-bond donors (Lipinski definition) is 0. The fourth-order valence-electron chi connectivity index (χ4n) is 3.17. The third-order valence-corrected chi connectivity index (χ3v) is 4.71. The van der Waals surface area contributed by atoms with Gasteiger partial charge in [-0.15, -0.1) is 0 Å². The standard InChI is InChI=1S/C21H26O6/c1-13-8-6-7-9-15(13)20(22)17(21(23)27-5)12-16-18(25-3)10-14(24-2)11-19(16)26-4/h10-12H,6-9H2,1-5H3/b17-12+. The lowest BCUT2D eigenvalue weighted by atomic mass is 9.87. The molecule has 146 valence electrons. The van der Waals surface area contributed by atoms with E-state index in [9.17, 15) is 9.59 Å². The van der Waals surface area contributed by atoms with Gasteiger partial charge in [-0.05, 0) is 44.3 Å². The molecule has 0 N–H and O–H groups in total. The smallest absolute Gasteiger partial charge is 0.341 e. The van der Waals surface area contributed by atoms with E-state index in [1.165, 1.54) is 34.5 Å². The van der Waals surface area contributed by atoms with Crippen LogP contribution in [-0.2, 0) is 14.3 Å². The summed E-state index contributed by atoms with van der Waals surface area (Å²) in [5, 5.41) is 0. The van der Waals surface area contributed by atoms with Crippen LogP contribution in [0.15, 0.2) is 28.9 Å². The number of carbonyl (C=O) groups excluding carboxylic acids is 2. The molecule has 1 aromatic rings. The third-order valence-electron chi connectivity index (χ3n) is 4.71. The molecule has 1 aromatic carbocycles. The highest BCUT2D eigenvalue weighted by molar-refractivity contribution is 6.27. The molecule has 0 spiro atoms. The average Bonchev–Trinajstić information content (AvgIpc) is 2.70. The van der Waals surface area contributed by atoms with Crippen molar-refractivity contribution < 1.29 is 28.5 Å². The van der Waals surface area contributed by atoms with Crippen molar-refractivity contribution in [1.29, 1.82) is 0 Å². The van der Waals surface area contributed by atoms with E-state index in [0.717, 1.165) is 24.8 Å². The zero-order chi connectivity index (χ0) is 20.0. The van der Waals surface area contributed by atoms with E-state index in [0.29, 0.717) is 34.8 Å². The van der Waals surface area contributed by atoms with Gasteiger partial charge >= 0.3 is 5.97 Å². The van der Waals surface area contributed by atoms with E-state index in [2.05, 4.69) is 0 Å². The van der Waals surface area contributed by atoms with Gasteiger partial charge in [0.15, 0.2) is 5.78 Å². The molecular weight excluding hydrogens is 348 g/mol. The molecule has 0 saturated heterocycles. The van der Waals surface area contributed by atoms with E-state index in [4.69, 9.17) is 18.9 Å². The molecule has 6 nitrogen and oxygen atoms in total. The normalized spacial score (nSPS) is 14.6. The maximum absolute atomic E-state index is 13.1. The van der Waals surface area contributed by atoms with Crippen LogP contribution in [-0.4, -0.2) is 40.2 Å². The lowest BCUT2D eigenvalue weighted by Crippen LogP contribution is -2.18. The van der Waals surface area contributed by atoms with Gasteiger partial charge in [0.2, 0.25) is 0 Å². The summed E-state index contributed by atoms with van der Waals surface area (Å²) in [6.45, 7) is 1.94. The van der Waals surface area contributed by atoms with Crippen LogP contribution >= 0.6 is 0 Å². The molecule has 1 aliphatic carbocycles. The third kappa shape index (κ3) is 4.51. The molecule has 0 aliphatic heterocycles. The number of hydrogen-bond acceptors (Lipinski definition) is 6. The van der Waals surface area contributed by atoms with E-state index in [1.807, 2.05) is 6.92 Å². The molecule has 0 unspecified atom stereocenters. The maximum atomic E-state index is 13.1. The largest absolute Gasteiger partial charge is 0.496 e. The van der Waals surface area contributed by atoms with Crippen LogP contribution in [0.1, 0.15) is 38.2 Å². The topological polar surface area (TPSA) is 71.1 Å². The van der Waals surface area contributed by atoms with Crippen LogP contribution in [0.25, 0.3) is 6.08 Å². The highest BCUT2D eigenvalue weighted by atomic mass is 16.5. The first-order chi connectivity index (χ1) is 13.0. The summed E-state index contributed by atoms with van der Waals surface area (Å²) < 4.78 is 20.9. The van der Waals surface area contributed by atoms with Crippen molar-refractivity contribution in [1.82, 2.24) is 0 Å². The second-order valence-electron chi connectivity index (χ2n) is 6.29. The predicted molar refractivity (Wildman–Crippen MR) is 102 cm³/mol. The molecular formula is C21H26O6. The fourth-order valence-corrected chi connectivity index (χ4v) is 3.17. The Bertz CT molecular complexity index is 763. The lowest BCUT2D eigenvalue weighted by molar-refractivity contribution is -0.137. The van der Waals surface area contributed by atoms with Crippen LogP contribution in [0.4, 0.5) is 0 Å². The highest BCUT2D eigenvalue weighted by Crippen LogP contribution is 2.36. The molecule has 6 heteroatoms. The van der Waals surface area contributed by atoms with Crippen LogP contribution < -0.4 is 14.2 Å². The molecule has 0 saturated carbocycles. The molecule has 1 aliphatic rings. The van der Waals surface area contributed by atoms with Gasteiger partial charge in [0, 0.05) is 12.1 Å². The van der Waals surface area contributed by atoms with Crippen molar-refractivity contribution in [2.45, 2.75) is 32.6 Å². The van der Waals surface area contributed by atoms with Gasteiger partial charge in [-0.2, -0.15) is 0 Å². The van der Waals surface area contributed by atoms with Gasteiger partial charge in [-0.25, -0.2) is 4.79 Å². The molecule has 0 bridgehead atoms. The van der Waals surface area contributed by atoms with Crippen molar-refractivity contribution in [3.05, 3.63) is 34.4 Å². The Hall–Kier alpha value is -2.76. The fraction of sp³-hybridized carbons (Fsp3) is 0.429. The van der Waals surface area contributed by atoms with E-state index >= 15 is 0 Å². The zero-order valence-electron chi connectivity index (χ0n) is 16.5. The minimum absolute atomic E-state index is 0.0458. The number of allylic oxidation sites excluding steroid dienone is 2. The number of methoxy groups -OCH3 is 4. The molecule has 0 fully saturated rings. The van der Waals surface area contributed by atoms with Crippen LogP contribution in [0.5, 0.6) is 17.2 Å². The molecule has 2 rings (SSSR count). The summed E-state index contributed by atoms with van der Waals surface area (Å²) in [6.07, 6.45) is 4.99. The summed E-state index contributed by atoms with van der Waals surface area (Å²) >= 11 is 0. The number of rotatable bonds is 7. The summed E-state index contributed by atoms with van der Waals surface area (Å²) in [4.78, 5) is 25.5. The van der Waals surface area contributed by atoms with Crippen molar-refractivity contribution >= 4 is 17.8 Å². The number of ketones is 1. The Morgan fingerprint density at radius 2 is 1.52 bits per heavy atom. The van der Waals surface area contributed by atoms with Gasteiger partial charge in [0.1, 0.15) is 22.8 Å². The van der Waals surface area contributed by atoms with E-state index in [1.54, 1.807) is 12.1 Å². The summed E-state index contributed by atoms with van der Waals surface area (Å²) in [7, 11) is 5.79. The van der Waals surface area contributed by atoms with Gasteiger partial charge in [0.25, 0.3) is 0 Å². The first kappa shape index (κ1) is 20.6. The summed E-state index contributed by atoms with van der Waals surface area (Å²) in [6, 6.07) is 3.33. The number of benzene rings is 1. The molecule has 0 radical (unpaired) electrons. The van der Waals surface area contributed by atoms with Crippen molar-refractivity contribution in [3.8, 4) is 17.2 Å². The lowest BCUT2D eigenvalue weighted by Gasteiger charge is -2.18. The molecule has 0 atom stereocenters. The Morgan fingerprint density at radius 1 is 0.926 bits per heavy atom. The number of Topliss-reactive ketones (excluding diaryl/α,β-unsaturated/α-hetero) is 1. The van der Waals surface area contributed by atoms with Gasteiger partial charge in [-0.1, -0.05) is 5.57 Å². The molecule has 0 heterocycles. The second kappa shape index (κ2) is 9.26. The first-order valence-electron chi connectivity index (χ1n) is 8.80. The molecule has 27 heavy (non-hydrogen) atoms. The van der Waals surface area contributed by atoms with Gasteiger partial charge in [0.05, 0.1) is 34.0 Å². The van der Waals surface area contributed by atoms with Crippen LogP contribution in [0.2, 0.25) is 0 Å². The Labute approximate surface area is 159 Å². The quantitative estimate of drug-likeness (QED) is 0.313. The van der Waals surface area contributed by atoms with E-state index < -0.39 is 5.97 Å². The Kier molecular flexibility index (Phi) is 7.05. The highest BCUT2D eigenvalue weighted by Gasteiger charge is 2.26. The first-order valence-corrected chi connectivity index (χ1v) is 8.80. The average molecular weight is 374 g/mol. The minimum atomic E-state index is -0.689. The van der Waals surface area contributed by atoms with Crippen molar-refractivity contribution in [2.24, 2.45) is 0 Å². The van der Waals surface area contributed by atoms with Gasteiger partial charge in [-0.3, -0.25) is 4.79 Å².